The van der Waals surface area contributed by atoms with E-state index in [2.05, 4.69) is 4.90 Å². The van der Waals surface area contributed by atoms with E-state index < -0.39 is 0 Å². The number of rotatable bonds is 3. The van der Waals surface area contributed by atoms with Crippen LogP contribution in [0.15, 0.2) is 36.4 Å². The van der Waals surface area contributed by atoms with Gasteiger partial charge in [0.1, 0.15) is 11.6 Å². The molecule has 2 aromatic carbocycles. The molecule has 0 radical (unpaired) electrons. The van der Waals surface area contributed by atoms with Crippen molar-refractivity contribution >= 4 is 11.4 Å². The minimum absolute atomic E-state index is 0.215. The van der Waals surface area contributed by atoms with E-state index in [-0.39, 0.29) is 5.82 Å². The van der Waals surface area contributed by atoms with Gasteiger partial charge in [-0.25, -0.2) is 4.39 Å². The summed E-state index contributed by atoms with van der Waals surface area (Å²) in [6.45, 7) is 1.28. The summed E-state index contributed by atoms with van der Waals surface area (Å²) in [5.41, 5.74) is 9.93. The van der Waals surface area contributed by atoms with Crippen LogP contribution < -0.4 is 15.4 Å². The molecule has 2 aromatic rings. The highest BCUT2D eigenvalue weighted by atomic mass is 19.1. The SMILES string of the molecule is COc1ccc(CN)c(N2CCc3ccc(F)cc32)c1. The topological polar surface area (TPSA) is 38.5 Å². The first-order valence-corrected chi connectivity index (χ1v) is 6.66. The van der Waals surface area contributed by atoms with Gasteiger partial charge in [0.05, 0.1) is 7.11 Å². The zero-order valence-electron chi connectivity index (χ0n) is 11.4. The highest BCUT2D eigenvalue weighted by Crippen LogP contribution is 2.38. The van der Waals surface area contributed by atoms with Gasteiger partial charge in [-0.1, -0.05) is 12.1 Å². The normalized spacial score (nSPS) is 13.4. The first-order valence-electron chi connectivity index (χ1n) is 6.66. The number of benzene rings is 2. The molecule has 1 aliphatic heterocycles. The van der Waals surface area contributed by atoms with Gasteiger partial charge in [-0.3, -0.25) is 0 Å². The Morgan fingerprint density at radius 2 is 2.05 bits per heavy atom. The predicted molar refractivity (Wildman–Crippen MR) is 78.0 cm³/mol. The Labute approximate surface area is 117 Å². The van der Waals surface area contributed by atoms with Crippen LogP contribution in [0.2, 0.25) is 0 Å². The van der Waals surface area contributed by atoms with Crippen LogP contribution in [0.3, 0.4) is 0 Å². The molecule has 0 saturated heterocycles. The van der Waals surface area contributed by atoms with E-state index in [1.807, 2.05) is 24.3 Å². The van der Waals surface area contributed by atoms with E-state index in [1.54, 1.807) is 13.2 Å². The molecule has 0 fully saturated rings. The number of anilines is 2. The molecule has 1 heterocycles. The molecule has 0 aromatic heterocycles. The molecule has 3 rings (SSSR count). The van der Waals surface area contributed by atoms with Crippen LogP contribution in [0, 0.1) is 5.82 Å². The van der Waals surface area contributed by atoms with Crippen LogP contribution in [0.1, 0.15) is 11.1 Å². The zero-order chi connectivity index (χ0) is 14.1. The van der Waals surface area contributed by atoms with Crippen molar-refractivity contribution in [1.29, 1.82) is 0 Å². The first kappa shape index (κ1) is 12.9. The number of ether oxygens (including phenoxy) is 1. The van der Waals surface area contributed by atoms with Crippen molar-refractivity contribution in [3.05, 3.63) is 53.3 Å². The summed E-state index contributed by atoms with van der Waals surface area (Å²) in [6, 6.07) is 10.8. The van der Waals surface area contributed by atoms with Crippen LogP contribution in [0.5, 0.6) is 5.75 Å². The summed E-state index contributed by atoms with van der Waals surface area (Å²) in [5, 5.41) is 0. The molecule has 0 aliphatic carbocycles. The van der Waals surface area contributed by atoms with Crippen LogP contribution >= 0.6 is 0 Å². The van der Waals surface area contributed by atoms with Crippen molar-refractivity contribution in [2.45, 2.75) is 13.0 Å². The number of nitrogens with two attached hydrogens (primary N) is 1. The van der Waals surface area contributed by atoms with Gasteiger partial charge < -0.3 is 15.4 Å². The van der Waals surface area contributed by atoms with E-state index in [0.717, 1.165) is 41.2 Å². The standard InChI is InChI=1S/C16H17FN2O/c1-20-14-5-3-12(10-18)16(9-14)19-7-6-11-2-4-13(17)8-15(11)19/h2-5,8-9H,6-7,10,18H2,1H3. The largest absolute Gasteiger partial charge is 0.497 e. The number of hydrogen-bond donors (Lipinski definition) is 1. The smallest absolute Gasteiger partial charge is 0.125 e. The number of hydrogen-bond acceptors (Lipinski definition) is 3. The highest BCUT2D eigenvalue weighted by Gasteiger charge is 2.23. The van der Waals surface area contributed by atoms with Gasteiger partial charge in [0.25, 0.3) is 0 Å². The van der Waals surface area contributed by atoms with Crippen molar-refractivity contribution in [3.63, 3.8) is 0 Å². The van der Waals surface area contributed by atoms with Crippen molar-refractivity contribution in [2.24, 2.45) is 5.73 Å². The maximum absolute atomic E-state index is 13.5. The molecule has 1 aliphatic rings. The summed E-state index contributed by atoms with van der Waals surface area (Å²) < 4.78 is 18.8. The molecule has 2 N–H and O–H groups in total. The average molecular weight is 272 g/mol. The summed E-state index contributed by atoms with van der Waals surface area (Å²) in [5.74, 6) is 0.565. The van der Waals surface area contributed by atoms with Gasteiger partial charge >= 0.3 is 0 Å². The molecule has 104 valence electrons. The molecule has 0 unspecified atom stereocenters. The fourth-order valence-electron chi connectivity index (χ4n) is 2.70. The fraction of sp³-hybridized carbons (Fsp3) is 0.250. The Morgan fingerprint density at radius 3 is 2.80 bits per heavy atom. The number of methoxy groups -OCH3 is 1. The average Bonchev–Trinajstić information content (AvgIpc) is 2.89. The third-order valence-corrected chi connectivity index (χ3v) is 3.75. The Kier molecular flexibility index (Phi) is 3.32. The minimum Gasteiger partial charge on any atom is -0.497 e. The molecule has 0 atom stereocenters. The lowest BCUT2D eigenvalue weighted by molar-refractivity contribution is 0.414. The molecule has 0 bridgehead atoms. The molecular weight excluding hydrogens is 255 g/mol. The first-order chi connectivity index (χ1) is 9.72. The molecule has 0 spiro atoms. The lowest BCUT2D eigenvalue weighted by Crippen LogP contribution is -2.16. The third-order valence-electron chi connectivity index (χ3n) is 3.75. The number of halogens is 1. The van der Waals surface area contributed by atoms with Crippen LogP contribution in [-0.2, 0) is 13.0 Å². The van der Waals surface area contributed by atoms with Gasteiger partial charge in [0, 0.05) is 30.5 Å². The van der Waals surface area contributed by atoms with E-state index in [9.17, 15) is 4.39 Å². The Morgan fingerprint density at radius 1 is 1.20 bits per heavy atom. The summed E-state index contributed by atoms with van der Waals surface area (Å²) in [6.07, 6.45) is 0.914. The predicted octanol–water partition coefficient (Wildman–Crippen LogP) is 2.99. The summed E-state index contributed by atoms with van der Waals surface area (Å²) >= 11 is 0. The second-order valence-corrected chi connectivity index (χ2v) is 4.87. The summed E-state index contributed by atoms with van der Waals surface area (Å²) in [4.78, 5) is 2.11. The maximum atomic E-state index is 13.5. The van der Waals surface area contributed by atoms with Crippen LogP contribution in [-0.4, -0.2) is 13.7 Å². The fourth-order valence-corrected chi connectivity index (χ4v) is 2.70. The van der Waals surface area contributed by atoms with Crippen LogP contribution in [0.4, 0.5) is 15.8 Å². The van der Waals surface area contributed by atoms with E-state index >= 15 is 0 Å². The van der Waals surface area contributed by atoms with Crippen LogP contribution in [0.25, 0.3) is 0 Å². The minimum atomic E-state index is -0.215. The van der Waals surface area contributed by atoms with E-state index in [4.69, 9.17) is 10.5 Å². The van der Waals surface area contributed by atoms with Gasteiger partial charge in [0.2, 0.25) is 0 Å². The highest BCUT2D eigenvalue weighted by molar-refractivity contribution is 5.73. The Balaban J connectivity index is 2.09. The van der Waals surface area contributed by atoms with Gasteiger partial charge in [-0.15, -0.1) is 0 Å². The van der Waals surface area contributed by atoms with Crippen molar-refractivity contribution in [3.8, 4) is 5.75 Å². The van der Waals surface area contributed by atoms with Crippen molar-refractivity contribution in [2.75, 3.05) is 18.6 Å². The molecule has 3 nitrogen and oxygen atoms in total. The molecule has 0 amide bonds. The summed E-state index contributed by atoms with van der Waals surface area (Å²) in [7, 11) is 1.64. The molecule has 20 heavy (non-hydrogen) atoms. The van der Waals surface area contributed by atoms with Crippen molar-refractivity contribution in [1.82, 2.24) is 0 Å². The quantitative estimate of drug-likeness (QED) is 0.933. The monoisotopic (exact) mass is 272 g/mol. The molecule has 0 saturated carbocycles. The van der Waals surface area contributed by atoms with Crippen molar-refractivity contribution < 1.29 is 9.13 Å². The molecular formula is C16H17FN2O. The maximum Gasteiger partial charge on any atom is 0.125 e. The Hall–Kier alpha value is -2.07. The van der Waals surface area contributed by atoms with Gasteiger partial charge in [-0.05, 0) is 35.7 Å². The second kappa shape index (κ2) is 5.13. The van der Waals surface area contributed by atoms with Gasteiger partial charge in [0.15, 0.2) is 0 Å². The van der Waals surface area contributed by atoms with E-state index in [1.165, 1.54) is 6.07 Å². The second-order valence-electron chi connectivity index (χ2n) is 4.87. The third kappa shape index (κ3) is 2.12. The lowest BCUT2D eigenvalue weighted by atomic mass is 10.1. The zero-order valence-corrected chi connectivity index (χ0v) is 11.4. The number of fused-ring (bicyclic) bond motifs is 1. The molecule has 4 heteroatoms. The lowest BCUT2D eigenvalue weighted by Gasteiger charge is -2.23. The van der Waals surface area contributed by atoms with E-state index in [0.29, 0.717) is 6.54 Å². The number of nitrogens with zero attached hydrogens (tertiary/aromatic N) is 1. The van der Waals surface area contributed by atoms with Gasteiger partial charge in [-0.2, -0.15) is 0 Å². The Bertz CT molecular complexity index is 642.